The van der Waals surface area contributed by atoms with Crippen LogP contribution in [0, 0.1) is 0 Å². The Kier molecular flexibility index (Phi) is 3.23. The minimum absolute atomic E-state index is 0.0617. The van der Waals surface area contributed by atoms with E-state index >= 15 is 0 Å². The molecule has 0 N–H and O–H groups in total. The summed E-state index contributed by atoms with van der Waals surface area (Å²) in [5.41, 5.74) is 5.10. The molecule has 0 saturated heterocycles. The maximum absolute atomic E-state index is 12.7. The molecule has 0 atom stereocenters. The van der Waals surface area contributed by atoms with Gasteiger partial charge in [0, 0.05) is 22.7 Å². The van der Waals surface area contributed by atoms with Gasteiger partial charge in [-0.05, 0) is 55.0 Å². The van der Waals surface area contributed by atoms with Crippen molar-refractivity contribution in [2.45, 2.75) is 25.7 Å². The van der Waals surface area contributed by atoms with Gasteiger partial charge in [-0.1, -0.05) is 30.3 Å². The van der Waals surface area contributed by atoms with Crippen LogP contribution in [0.3, 0.4) is 0 Å². The maximum Gasteiger partial charge on any atom is 0.194 e. The number of nitrogens with zero attached hydrogens (tertiary/aromatic N) is 1. The summed E-state index contributed by atoms with van der Waals surface area (Å²) in [7, 11) is 0. The van der Waals surface area contributed by atoms with Crippen LogP contribution in [-0.4, -0.2) is 10.8 Å². The molecule has 1 heterocycles. The molecule has 0 unspecified atom stereocenters. The number of pyridine rings is 1. The van der Waals surface area contributed by atoms with Gasteiger partial charge in [-0.25, -0.2) is 0 Å². The Hall–Kier alpha value is -2.48. The molecule has 108 valence electrons. The fourth-order valence-corrected chi connectivity index (χ4v) is 3.24. The molecule has 0 radical (unpaired) electrons. The molecule has 0 saturated carbocycles. The minimum Gasteiger partial charge on any atom is -0.289 e. The van der Waals surface area contributed by atoms with Crippen molar-refractivity contribution in [2.24, 2.45) is 0 Å². The van der Waals surface area contributed by atoms with Gasteiger partial charge in [-0.3, -0.25) is 9.78 Å². The van der Waals surface area contributed by atoms with Crippen molar-refractivity contribution >= 4 is 16.7 Å². The zero-order valence-corrected chi connectivity index (χ0v) is 12.4. The number of hydrogen-bond donors (Lipinski definition) is 0. The van der Waals surface area contributed by atoms with E-state index in [1.165, 1.54) is 24.0 Å². The van der Waals surface area contributed by atoms with E-state index in [-0.39, 0.29) is 5.78 Å². The average molecular weight is 287 g/mol. The lowest BCUT2D eigenvalue weighted by Crippen LogP contribution is -2.07. The van der Waals surface area contributed by atoms with Crippen molar-refractivity contribution in [3.05, 3.63) is 77.0 Å². The fraction of sp³-hybridized carbons (Fsp3) is 0.200. The number of para-hydroxylation sites is 1. The van der Waals surface area contributed by atoms with E-state index in [2.05, 4.69) is 17.1 Å². The van der Waals surface area contributed by atoms with Crippen LogP contribution in [0.5, 0.6) is 0 Å². The number of aromatic nitrogens is 1. The van der Waals surface area contributed by atoms with Crippen LogP contribution in [0.25, 0.3) is 10.9 Å². The third-order valence-electron chi connectivity index (χ3n) is 4.46. The fourth-order valence-electron chi connectivity index (χ4n) is 3.24. The van der Waals surface area contributed by atoms with Crippen molar-refractivity contribution in [3.63, 3.8) is 0 Å². The molecule has 1 aliphatic carbocycles. The van der Waals surface area contributed by atoms with Crippen LogP contribution >= 0.6 is 0 Å². The third-order valence-corrected chi connectivity index (χ3v) is 4.46. The van der Waals surface area contributed by atoms with Gasteiger partial charge in [0.15, 0.2) is 5.78 Å². The first-order valence-electron chi connectivity index (χ1n) is 7.82. The van der Waals surface area contributed by atoms with E-state index in [4.69, 9.17) is 0 Å². The van der Waals surface area contributed by atoms with Crippen molar-refractivity contribution in [1.82, 2.24) is 4.98 Å². The van der Waals surface area contributed by atoms with Crippen LogP contribution in [-0.2, 0) is 12.8 Å². The van der Waals surface area contributed by atoms with E-state index in [9.17, 15) is 4.79 Å². The Labute approximate surface area is 129 Å². The van der Waals surface area contributed by atoms with Gasteiger partial charge in [-0.2, -0.15) is 0 Å². The normalized spacial score (nSPS) is 13.8. The summed E-state index contributed by atoms with van der Waals surface area (Å²) in [6, 6.07) is 16.0. The molecule has 2 heteroatoms. The monoisotopic (exact) mass is 287 g/mol. The van der Waals surface area contributed by atoms with Gasteiger partial charge in [-0.15, -0.1) is 0 Å². The van der Waals surface area contributed by atoms with E-state index in [0.29, 0.717) is 5.56 Å². The quantitative estimate of drug-likeness (QED) is 0.656. The van der Waals surface area contributed by atoms with Crippen molar-refractivity contribution < 1.29 is 4.79 Å². The highest BCUT2D eigenvalue weighted by molar-refractivity contribution is 6.10. The molecular weight excluding hydrogens is 270 g/mol. The van der Waals surface area contributed by atoms with Crippen molar-refractivity contribution in [3.8, 4) is 0 Å². The SMILES string of the molecule is O=C(c1ccc2c(c1)CCCC2)c1cnc2ccccc2c1. The van der Waals surface area contributed by atoms with Crippen molar-refractivity contribution in [2.75, 3.05) is 0 Å². The second kappa shape index (κ2) is 5.38. The number of hydrogen-bond acceptors (Lipinski definition) is 2. The Bertz CT molecular complexity index is 866. The first-order chi connectivity index (χ1) is 10.8. The minimum atomic E-state index is 0.0617. The summed E-state index contributed by atoms with van der Waals surface area (Å²) >= 11 is 0. The lowest BCUT2D eigenvalue weighted by Gasteiger charge is -2.16. The van der Waals surface area contributed by atoms with E-state index in [1.54, 1.807) is 6.20 Å². The van der Waals surface area contributed by atoms with Crippen LogP contribution in [0.15, 0.2) is 54.7 Å². The lowest BCUT2D eigenvalue weighted by molar-refractivity contribution is 0.103. The Morgan fingerprint density at radius 2 is 1.68 bits per heavy atom. The number of carbonyl (C=O) groups is 1. The second-order valence-electron chi connectivity index (χ2n) is 5.94. The predicted octanol–water partition coefficient (Wildman–Crippen LogP) is 4.34. The number of carbonyl (C=O) groups excluding carboxylic acids is 1. The molecule has 0 fully saturated rings. The topological polar surface area (TPSA) is 30.0 Å². The molecule has 3 aromatic rings. The molecule has 4 rings (SSSR count). The van der Waals surface area contributed by atoms with E-state index in [0.717, 1.165) is 29.3 Å². The summed E-state index contributed by atoms with van der Waals surface area (Å²) < 4.78 is 0. The van der Waals surface area contributed by atoms with E-state index in [1.807, 2.05) is 36.4 Å². The molecule has 2 nitrogen and oxygen atoms in total. The second-order valence-corrected chi connectivity index (χ2v) is 5.94. The molecule has 0 spiro atoms. The highest BCUT2D eigenvalue weighted by Gasteiger charge is 2.14. The number of fused-ring (bicyclic) bond motifs is 2. The molecule has 0 bridgehead atoms. The zero-order chi connectivity index (χ0) is 14.9. The third kappa shape index (κ3) is 2.31. The van der Waals surface area contributed by atoms with Crippen LogP contribution < -0.4 is 0 Å². The molecule has 1 aliphatic rings. The molecule has 0 aliphatic heterocycles. The molecular formula is C20H17NO. The number of benzene rings is 2. The first-order valence-corrected chi connectivity index (χ1v) is 7.82. The number of rotatable bonds is 2. The van der Waals surface area contributed by atoms with Gasteiger partial charge in [0.1, 0.15) is 0 Å². The summed E-state index contributed by atoms with van der Waals surface area (Å²) in [5.74, 6) is 0.0617. The summed E-state index contributed by atoms with van der Waals surface area (Å²) in [5, 5.41) is 1.01. The van der Waals surface area contributed by atoms with Gasteiger partial charge < -0.3 is 0 Å². The average Bonchev–Trinajstić information content (AvgIpc) is 2.60. The Balaban J connectivity index is 1.73. The highest BCUT2D eigenvalue weighted by Crippen LogP contribution is 2.24. The predicted molar refractivity (Wildman–Crippen MR) is 88.3 cm³/mol. The standard InChI is InChI=1S/C20H17NO/c22-20(17-10-9-14-5-1-2-6-15(14)11-17)18-12-16-7-3-4-8-19(16)21-13-18/h3-4,7-13H,1-2,5-6H2. The van der Waals surface area contributed by atoms with Gasteiger partial charge in [0.05, 0.1) is 5.52 Å². The molecule has 2 aromatic carbocycles. The van der Waals surface area contributed by atoms with Crippen molar-refractivity contribution in [1.29, 1.82) is 0 Å². The Morgan fingerprint density at radius 3 is 2.59 bits per heavy atom. The summed E-state index contributed by atoms with van der Waals surface area (Å²) in [6.45, 7) is 0. The summed E-state index contributed by atoms with van der Waals surface area (Å²) in [6.07, 6.45) is 6.40. The maximum atomic E-state index is 12.7. The molecule has 22 heavy (non-hydrogen) atoms. The van der Waals surface area contributed by atoms with Gasteiger partial charge >= 0.3 is 0 Å². The summed E-state index contributed by atoms with van der Waals surface area (Å²) in [4.78, 5) is 17.1. The van der Waals surface area contributed by atoms with Crippen LogP contribution in [0.4, 0.5) is 0 Å². The van der Waals surface area contributed by atoms with Gasteiger partial charge in [0.2, 0.25) is 0 Å². The van der Waals surface area contributed by atoms with Crippen LogP contribution in [0.2, 0.25) is 0 Å². The van der Waals surface area contributed by atoms with Gasteiger partial charge in [0.25, 0.3) is 0 Å². The largest absolute Gasteiger partial charge is 0.289 e. The van der Waals surface area contributed by atoms with E-state index < -0.39 is 0 Å². The zero-order valence-electron chi connectivity index (χ0n) is 12.4. The Morgan fingerprint density at radius 1 is 0.864 bits per heavy atom. The number of ketones is 1. The lowest BCUT2D eigenvalue weighted by atomic mass is 9.89. The number of aryl methyl sites for hydroxylation is 2. The molecule has 1 aromatic heterocycles. The first kappa shape index (κ1) is 13.2. The molecule has 0 amide bonds. The van der Waals surface area contributed by atoms with Crippen LogP contribution in [0.1, 0.15) is 39.9 Å². The smallest absolute Gasteiger partial charge is 0.194 e. The highest BCUT2D eigenvalue weighted by atomic mass is 16.1.